The SMILES string of the molecule is Cc1ccc([S@@](=O)c2c(C)oc3cc(C)c(Br)c(C)c23)cc1. The van der Waals surface area contributed by atoms with Crippen molar-refractivity contribution in [1.29, 1.82) is 0 Å². The first kappa shape index (κ1) is 15.5. The molecule has 0 bridgehead atoms. The third kappa shape index (κ3) is 2.44. The van der Waals surface area contributed by atoms with E-state index in [1.165, 1.54) is 0 Å². The van der Waals surface area contributed by atoms with Gasteiger partial charge in [0.1, 0.15) is 11.3 Å². The molecule has 1 heterocycles. The predicted molar refractivity (Wildman–Crippen MR) is 94.0 cm³/mol. The van der Waals surface area contributed by atoms with Crippen LogP contribution in [-0.2, 0) is 10.8 Å². The Morgan fingerprint density at radius 1 is 1.05 bits per heavy atom. The maximum absolute atomic E-state index is 13.0. The molecule has 3 aromatic rings. The van der Waals surface area contributed by atoms with Crippen LogP contribution in [-0.4, -0.2) is 4.21 Å². The summed E-state index contributed by atoms with van der Waals surface area (Å²) in [7, 11) is -1.25. The molecule has 4 heteroatoms. The van der Waals surface area contributed by atoms with E-state index in [0.29, 0.717) is 0 Å². The summed E-state index contributed by atoms with van der Waals surface area (Å²) < 4.78 is 20.0. The van der Waals surface area contributed by atoms with Crippen LogP contribution in [0.4, 0.5) is 0 Å². The van der Waals surface area contributed by atoms with Gasteiger partial charge < -0.3 is 4.42 Å². The fourth-order valence-corrected chi connectivity index (χ4v) is 4.35. The van der Waals surface area contributed by atoms with Crippen molar-refractivity contribution in [3.05, 3.63) is 57.3 Å². The van der Waals surface area contributed by atoms with Gasteiger partial charge in [-0.05, 0) is 57.0 Å². The van der Waals surface area contributed by atoms with Gasteiger partial charge in [0.05, 0.1) is 15.7 Å². The molecule has 1 atom stereocenters. The molecule has 0 saturated carbocycles. The molecule has 0 fully saturated rings. The van der Waals surface area contributed by atoms with Gasteiger partial charge in [-0.1, -0.05) is 33.6 Å². The Morgan fingerprint density at radius 3 is 2.32 bits per heavy atom. The van der Waals surface area contributed by atoms with Crippen LogP contribution in [0.15, 0.2) is 49.0 Å². The number of aryl methyl sites for hydroxylation is 4. The van der Waals surface area contributed by atoms with Crippen molar-refractivity contribution in [3.8, 4) is 0 Å². The van der Waals surface area contributed by atoms with Crippen molar-refractivity contribution in [2.75, 3.05) is 0 Å². The smallest absolute Gasteiger partial charge is 0.136 e. The van der Waals surface area contributed by atoms with Crippen molar-refractivity contribution in [2.24, 2.45) is 0 Å². The number of benzene rings is 2. The molecule has 0 radical (unpaired) electrons. The van der Waals surface area contributed by atoms with Crippen molar-refractivity contribution >= 4 is 37.7 Å². The van der Waals surface area contributed by atoms with E-state index in [4.69, 9.17) is 4.42 Å². The molecule has 0 N–H and O–H groups in total. The third-order valence-electron chi connectivity index (χ3n) is 3.87. The van der Waals surface area contributed by atoms with Gasteiger partial charge in [0.15, 0.2) is 0 Å². The average molecular weight is 377 g/mol. The Balaban J connectivity index is 2.26. The summed E-state index contributed by atoms with van der Waals surface area (Å²) in [6, 6.07) is 9.80. The highest BCUT2D eigenvalue weighted by Crippen LogP contribution is 2.37. The molecule has 2 nitrogen and oxygen atoms in total. The van der Waals surface area contributed by atoms with Gasteiger partial charge >= 0.3 is 0 Å². The molecule has 1 aromatic heterocycles. The molecular weight excluding hydrogens is 360 g/mol. The maximum Gasteiger partial charge on any atom is 0.136 e. The minimum absolute atomic E-state index is 0.717. The van der Waals surface area contributed by atoms with E-state index < -0.39 is 10.8 Å². The number of rotatable bonds is 2. The second kappa shape index (κ2) is 5.67. The third-order valence-corrected chi connectivity index (χ3v) is 6.66. The maximum atomic E-state index is 13.0. The lowest BCUT2D eigenvalue weighted by Crippen LogP contribution is -1.95. The Labute approximate surface area is 141 Å². The van der Waals surface area contributed by atoms with Crippen LogP contribution in [0.25, 0.3) is 11.0 Å². The van der Waals surface area contributed by atoms with Crippen LogP contribution in [0, 0.1) is 27.7 Å². The number of halogens is 1. The monoisotopic (exact) mass is 376 g/mol. The van der Waals surface area contributed by atoms with Crippen molar-refractivity contribution in [1.82, 2.24) is 0 Å². The molecule has 0 aliphatic rings. The van der Waals surface area contributed by atoms with Crippen LogP contribution in [0.2, 0.25) is 0 Å². The normalized spacial score (nSPS) is 12.8. The first-order valence-electron chi connectivity index (χ1n) is 7.07. The Hall–Kier alpha value is -1.39. The number of hydrogen-bond donors (Lipinski definition) is 0. The Kier molecular flexibility index (Phi) is 4.00. The number of hydrogen-bond acceptors (Lipinski definition) is 2. The lowest BCUT2D eigenvalue weighted by atomic mass is 10.1. The zero-order valence-electron chi connectivity index (χ0n) is 13.0. The minimum Gasteiger partial charge on any atom is -0.460 e. The standard InChI is InChI=1S/C18H17BrO2S/c1-10-5-7-14(8-6-10)22(20)18-13(4)21-15-9-11(2)17(19)12(3)16(15)18/h5-9H,1-4H3/t22-/m1/s1. The molecule has 0 saturated heterocycles. The van der Waals surface area contributed by atoms with Crippen LogP contribution in [0.1, 0.15) is 22.5 Å². The summed E-state index contributed by atoms with van der Waals surface area (Å²) in [4.78, 5) is 1.57. The fraction of sp³-hybridized carbons (Fsp3) is 0.222. The van der Waals surface area contributed by atoms with E-state index >= 15 is 0 Å². The first-order valence-corrected chi connectivity index (χ1v) is 9.01. The topological polar surface area (TPSA) is 30.2 Å². The summed E-state index contributed by atoms with van der Waals surface area (Å²) in [6.07, 6.45) is 0. The number of fused-ring (bicyclic) bond motifs is 1. The summed E-state index contributed by atoms with van der Waals surface area (Å²) >= 11 is 3.62. The molecule has 114 valence electrons. The molecule has 0 spiro atoms. The van der Waals surface area contributed by atoms with Crippen LogP contribution < -0.4 is 0 Å². The molecular formula is C18H17BrO2S. The average Bonchev–Trinajstić information content (AvgIpc) is 2.81. The molecule has 2 aromatic carbocycles. The fourth-order valence-electron chi connectivity index (χ4n) is 2.68. The van der Waals surface area contributed by atoms with Crippen molar-refractivity contribution < 1.29 is 8.63 Å². The molecule has 0 aliphatic carbocycles. The lowest BCUT2D eigenvalue weighted by molar-refractivity contribution is 0.566. The zero-order valence-corrected chi connectivity index (χ0v) is 15.4. The van der Waals surface area contributed by atoms with Gasteiger partial charge in [-0.2, -0.15) is 0 Å². The Bertz CT molecular complexity index is 892. The summed E-state index contributed by atoms with van der Waals surface area (Å²) in [5.74, 6) is 0.717. The van der Waals surface area contributed by atoms with Gasteiger partial charge in [0.25, 0.3) is 0 Å². The molecule has 0 aliphatic heterocycles. The van der Waals surface area contributed by atoms with Gasteiger partial charge in [-0.15, -0.1) is 0 Å². The first-order chi connectivity index (χ1) is 10.4. The van der Waals surface area contributed by atoms with Gasteiger partial charge in [0, 0.05) is 14.8 Å². The molecule has 0 amide bonds. The second-order valence-electron chi connectivity index (χ2n) is 5.57. The van der Waals surface area contributed by atoms with Gasteiger partial charge in [-0.3, -0.25) is 0 Å². The largest absolute Gasteiger partial charge is 0.460 e. The summed E-state index contributed by atoms with van der Waals surface area (Å²) in [5, 5.41) is 0.953. The van der Waals surface area contributed by atoms with Crippen molar-refractivity contribution in [2.45, 2.75) is 37.5 Å². The second-order valence-corrected chi connectivity index (χ2v) is 7.78. The highest BCUT2D eigenvalue weighted by Gasteiger charge is 2.21. The highest BCUT2D eigenvalue weighted by molar-refractivity contribution is 9.10. The predicted octanol–water partition coefficient (Wildman–Crippen LogP) is 5.60. The lowest BCUT2D eigenvalue weighted by Gasteiger charge is -2.07. The summed E-state index contributed by atoms with van der Waals surface area (Å²) in [5.41, 5.74) is 4.14. The van der Waals surface area contributed by atoms with Gasteiger partial charge in [0.2, 0.25) is 0 Å². The quantitative estimate of drug-likeness (QED) is 0.582. The molecule has 0 unspecified atom stereocenters. The van der Waals surface area contributed by atoms with E-state index in [1.54, 1.807) is 0 Å². The molecule has 22 heavy (non-hydrogen) atoms. The van der Waals surface area contributed by atoms with Crippen LogP contribution in [0.5, 0.6) is 0 Å². The van der Waals surface area contributed by atoms with E-state index in [9.17, 15) is 4.21 Å². The van der Waals surface area contributed by atoms with Gasteiger partial charge in [-0.25, -0.2) is 4.21 Å². The summed E-state index contributed by atoms with van der Waals surface area (Å²) in [6.45, 7) is 7.97. The Morgan fingerprint density at radius 2 is 1.68 bits per heavy atom. The van der Waals surface area contributed by atoms with E-state index in [-0.39, 0.29) is 0 Å². The minimum atomic E-state index is -1.25. The van der Waals surface area contributed by atoms with Crippen molar-refractivity contribution in [3.63, 3.8) is 0 Å². The number of furan rings is 1. The van der Waals surface area contributed by atoms with E-state index in [0.717, 1.165) is 47.7 Å². The van der Waals surface area contributed by atoms with Crippen LogP contribution >= 0.6 is 15.9 Å². The molecule has 3 rings (SSSR count). The van der Waals surface area contributed by atoms with Crippen LogP contribution in [0.3, 0.4) is 0 Å². The highest BCUT2D eigenvalue weighted by atomic mass is 79.9. The van der Waals surface area contributed by atoms with E-state index in [1.807, 2.05) is 58.0 Å². The zero-order chi connectivity index (χ0) is 16.0. The van der Waals surface area contributed by atoms with E-state index in [2.05, 4.69) is 15.9 Å².